The first-order chi connectivity index (χ1) is 5.04. The van der Waals surface area contributed by atoms with Crippen LogP contribution >= 0.6 is 0 Å². The van der Waals surface area contributed by atoms with Gasteiger partial charge in [-0.05, 0) is 11.3 Å². The van der Waals surface area contributed by atoms with Crippen molar-refractivity contribution in [1.82, 2.24) is 4.90 Å². The van der Waals surface area contributed by atoms with Gasteiger partial charge in [0.2, 0.25) is 0 Å². The molecule has 0 atom stereocenters. The van der Waals surface area contributed by atoms with E-state index in [1.165, 1.54) is 13.1 Å². The first-order valence-electron chi connectivity index (χ1n) is 4.20. The lowest BCUT2D eigenvalue weighted by Crippen LogP contribution is -2.51. The lowest BCUT2D eigenvalue weighted by Gasteiger charge is -2.45. The first kappa shape index (κ1) is 8.62. The Bertz CT molecular complexity index is 164. The van der Waals surface area contributed by atoms with Gasteiger partial charge in [-0.15, -0.1) is 6.42 Å². The monoisotopic (exact) mass is 151 g/mol. The Morgan fingerprint density at radius 3 is 2.36 bits per heavy atom. The highest BCUT2D eigenvalue weighted by Crippen LogP contribution is 2.32. The minimum Gasteiger partial charge on any atom is -0.292 e. The molecular formula is C10H17N. The zero-order valence-corrected chi connectivity index (χ0v) is 7.72. The molecule has 62 valence electrons. The third-order valence-electron chi connectivity index (χ3n) is 2.50. The van der Waals surface area contributed by atoms with Crippen LogP contribution in [0.25, 0.3) is 0 Å². The van der Waals surface area contributed by atoms with E-state index in [1.807, 2.05) is 0 Å². The van der Waals surface area contributed by atoms with Gasteiger partial charge in [-0.2, -0.15) is 0 Å². The molecule has 1 aliphatic rings. The maximum atomic E-state index is 5.20. The van der Waals surface area contributed by atoms with Gasteiger partial charge in [-0.3, -0.25) is 4.90 Å². The fourth-order valence-corrected chi connectivity index (χ4v) is 1.38. The van der Waals surface area contributed by atoms with Crippen molar-refractivity contribution in [2.45, 2.75) is 20.8 Å². The summed E-state index contributed by atoms with van der Waals surface area (Å²) in [6.45, 7) is 10.1. The lowest BCUT2D eigenvalue weighted by atomic mass is 9.76. The molecule has 0 aromatic rings. The number of likely N-dealkylation sites (tertiary alicyclic amines) is 1. The first-order valence-corrected chi connectivity index (χ1v) is 4.20. The second-order valence-corrected chi connectivity index (χ2v) is 4.46. The van der Waals surface area contributed by atoms with Crippen LogP contribution in [0.2, 0.25) is 0 Å². The molecule has 0 aromatic heterocycles. The summed E-state index contributed by atoms with van der Waals surface area (Å²) in [7, 11) is 0. The molecule has 1 saturated heterocycles. The summed E-state index contributed by atoms with van der Waals surface area (Å²) in [4.78, 5) is 2.32. The van der Waals surface area contributed by atoms with Gasteiger partial charge in [-0.1, -0.05) is 26.7 Å². The average Bonchev–Trinajstić information content (AvgIpc) is 1.74. The Kier molecular flexibility index (Phi) is 2.25. The van der Waals surface area contributed by atoms with Crippen molar-refractivity contribution in [3.8, 4) is 12.3 Å². The third kappa shape index (κ3) is 1.97. The molecule has 0 aliphatic carbocycles. The molecule has 1 fully saturated rings. The fraction of sp³-hybridized carbons (Fsp3) is 0.800. The van der Waals surface area contributed by atoms with Crippen LogP contribution in [0, 0.1) is 23.7 Å². The molecule has 0 bridgehead atoms. The largest absolute Gasteiger partial charge is 0.292 e. The minimum absolute atomic E-state index is 0.463. The molecule has 1 aliphatic heterocycles. The van der Waals surface area contributed by atoms with Gasteiger partial charge in [0.05, 0.1) is 6.54 Å². The maximum absolute atomic E-state index is 5.20. The van der Waals surface area contributed by atoms with Crippen LogP contribution in [0.3, 0.4) is 0 Å². The zero-order chi connectivity index (χ0) is 8.48. The Morgan fingerprint density at radius 1 is 1.45 bits per heavy atom. The van der Waals surface area contributed by atoms with E-state index in [9.17, 15) is 0 Å². The van der Waals surface area contributed by atoms with Crippen LogP contribution in [-0.2, 0) is 0 Å². The number of nitrogens with zero attached hydrogens (tertiary/aromatic N) is 1. The fourth-order valence-electron chi connectivity index (χ4n) is 1.38. The molecule has 0 unspecified atom stereocenters. The summed E-state index contributed by atoms with van der Waals surface area (Å²) in [5, 5.41) is 0. The summed E-state index contributed by atoms with van der Waals surface area (Å²) in [6, 6.07) is 0. The van der Waals surface area contributed by atoms with Gasteiger partial charge in [-0.25, -0.2) is 0 Å². The maximum Gasteiger partial charge on any atom is 0.0599 e. The van der Waals surface area contributed by atoms with Gasteiger partial charge < -0.3 is 0 Å². The molecule has 0 amide bonds. The highest BCUT2D eigenvalue weighted by molar-refractivity contribution is 4.95. The van der Waals surface area contributed by atoms with Crippen LogP contribution < -0.4 is 0 Å². The standard InChI is InChI=1S/C10H17N/c1-5-6-11-7-9(8-11)10(2,3)4/h1,9H,6-8H2,2-4H3. The van der Waals surface area contributed by atoms with Crippen molar-refractivity contribution in [2.75, 3.05) is 19.6 Å². The third-order valence-corrected chi connectivity index (χ3v) is 2.50. The summed E-state index contributed by atoms with van der Waals surface area (Å²) in [5.41, 5.74) is 0.463. The second kappa shape index (κ2) is 2.87. The minimum atomic E-state index is 0.463. The molecule has 0 aromatic carbocycles. The van der Waals surface area contributed by atoms with Gasteiger partial charge in [0.15, 0.2) is 0 Å². The Hall–Kier alpha value is -0.480. The number of terminal acetylenes is 1. The molecule has 1 rings (SSSR count). The molecule has 11 heavy (non-hydrogen) atoms. The van der Waals surface area contributed by atoms with Gasteiger partial charge in [0.1, 0.15) is 0 Å². The van der Waals surface area contributed by atoms with E-state index < -0.39 is 0 Å². The van der Waals surface area contributed by atoms with Crippen LogP contribution in [0.4, 0.5) is 0 Å². The van der Waals surface area contributed by atoms with E-state index >= 15 is 0 Å². The van der Waals surface area contributed by atoms with E-state index in [0.717, 1.165) is 12.5 Å². The quantitative estimate of drug-likeness (QED) is 0.514. The van der Waals surface area contributed by atoms with Gasteiger partial charge in [0.25, 0.3) is 0 Å². The van der Waals surface area contributed by atoms with E-state index in [-0.39, 0.29) is 0 Å². The van der Waals surface area contributed by atoms with Crippen LogP contribution in [0.1, 0.15) is 20.8 Å². The topological polar surface area (TPSA) is 3.24 Å². The van der Waals surface area contributed by atoms with Crippen LogP contribution in [-0.4, -0.2) is 24.5 Å². The summed E-state index contributed by atoms with van der Waals surface area (Å²) >= 11 is 0. The summed E-state index contributed by atoms with van der Waals surface area (Å²) < 4.78 is 0. The van der Waals surface area contributed by atoms with E-state index in [0.29, 0.717) is 5.41 Å². The average molecular weight is 151 g/mol. The van der Waals surface area contributed by atoms with Crippen molar-refractivity contribution in [3.63, 3.8) is 0 Å². The smallest absolute Gasteiger partial charge is 0.0599 e. The van der Waals surface area contributed by atoms with E-state index in [4.69, 9.17) is 6.42 Å². The second-order valence-electron chi connectivity index (χ2n) is 4.46. The van der Waals surface area contributed by atoms with Crippen molar-refractivity contribution >= 4 is 0 Å². The lowest BCUT2D eigenvalue weighted by molar-refractivity contribution is 0.0357. The normalized spacial score (nSPS) is 20.9. The molecule has 1 nitrogen and oxygen atoms in total. The van der Waals surface area contributed by atoms with E-state index in [2.05, 4.69) is 31.6 Å². The van der Waals surface area contributed by atoms with Crippen LogP contribution in [0.15, 0.2) is 0 Å². The van der Waals surface area contributed by atoms with Crippen molar-refractivity contribution in [2.24, 2.45) is 11.3 Å². The Balaban J connectivity index is 2.25. The van der Waals surface area contributed by atoms with Crippen molar-refractivity contribution < 1.29 is 0 Å². The number of hydrogen-bond donors (Lipinski definition) is 0. The molecular weight excluding hydrogens is 134 g/mol. The predicted octanol–water partition coefficient (Wildman–Crippen LogP) is 1.60. The van der Waals surface area contributed by atoms with Crippen molar-refractivity contribution in [1.29, 1.82) is 0 Å². The number of hydrogen-bond acceptors (Lipinski definition) is 1. The number of rotatable bonds is 1. The Labute approximate surface area is 69.8 Å². The molecule has 0 saturated carbocycles. The highest BCUT2D eigenvalue weighted by atomic mass is 15.2. The summed E-state index contributed by atoms with van der Waals surface area (Å²) in [5.74, 6) is 3.51. The molecule has 0 radical (unpaired) electrons. The SMILES string of the molecule is C#CCN1CC(C(C)(C)C)C1. The molecule has 0 N–H and O–H groups in total. The van der Waals surface area contributed by atoms with Crippen molar-refractivity contribution in [3.05, 3.63) is 0 Å². The Morgan fingerprint density at radius 2 is 2.00 bits per heavy atom. The highest BCUT2D eigenvalue weighted by Gasteiger charge is 2.34. The van der Waals surface area contributed by atoms with Crippen LogP contribution in [0.5, 0.6) is 0 Å². The predicted molar refractivity (Wildman–Crippen MR) is 48.2 cm³/mol. The molecule has 1 heteroatoms. The zero-order valence-electron chi connectivity index (χ0n) is 7.72. The molecule has 1 heterocycles. The summed E-state index contributed by atoms with van der Waals surface area (Å²) in [6.07, 6.45) is 5.20. The van der Waals surface area contributed by atoms with Gasteiger partial charge in [0, 0.05) is 13.1 Å². The van der Waals surface area contributed by atoms with E-state index in [1.54, 1.807) is 0 Å². The van der Waals surface area contributed by atoms with Gasteiger partial charge >= 0.3 is 0 Å². The molecule has 0 spiro atoms.